The van der Waals surface area contributed by atoms with E-state index in [1.807, 2.05) is 12.2 Å². The third-order valence-corrected chi connectivity index (χ3v) is 3.40. The number of hydrogen-bond acceptors (Lipinski definition) is 1. The number of aromatic nitrogens is 1. The van der Waals surface area contributed by atoms with Gasteiger partial charge in [-0.3, -0.25) is 0 Å². The first-order valence-electron chi connectivity index (χ1n) is 6.11. The zero-order chi connectivity index (χ0) is 11.9. The Kier molecular flexibility index (Phi) is 1.92. The van der Waals surface area contributed by atoms with Crippen molar-refractivity contribution in [3.8, 4) is 0 Å². The van der Waals surface area contributed by atoms with Crippen molar-refractivity contribution in [2.75, 3.05) is 0 Å². The van der Waals surface area contributed by atoms with E-state index in [4.69, 9.17) is 4.42 Å². The predicted molar refractivity (Wildman–Crippen MR) is 72.1 cm³/mol. The van der Waals surface area contributed by atoms with Gasteiger partial charge in [0.1, 0.15) is 0 Å². The third kappa shape index (κ3) is 1.26. The van der Waals surface area contributed by atoms with Crippen molar-refractivity contribution in [3.05, 3.63) is 60.5 Å². The normalized spacial score (nSPS) is 14.0. The largest absolute Gasteiger partial charge is 0.397 e. The van der Waals surface area contributed by atoms with Gasteiger partial charge in [-0.15, -0.1) is 0 Å². The van der Waals surface area contributed by atoms with E-state index in [9.17, 15) is 0 Å². The van der Waals surface area contributed by atoms with Crippen molar-refractivity contribution in [3.63, 3.8) is 0 Å². The van der Waals surface area contributed by atoms with Gasteiger partial charge in [-0.05, 0) is 17.5 Å². The molecule has 18 heavy (non-hydrogen) atoms. The number of benzene rings is 2. The quantitative estimate of drug-likeness (QED) is 0.544. The summed E-state index contributed by atoms with van der Waals surface area (Å²) in [5.74, 6) is 0.909. The van der Waals surface area contributed by atoms with Crippen molar-refractivity contribution < 1.29 is 8.98 Å². The Morgan fingerprint density at radius 2 is 1.94 bits per heavy atom. The Morgan fingerprint density at radius 1 is 1.00 bits per heavy atom. The molecular weight excluding hydrogens is 222 g/mol. The Balaban J connectivity index is 2.16. The van der Waals surface area contributed by atoms with Gasteiger partial charge in [-0.2, -0.15) is 4.57 Å². The molecule has 0 spiro atoms. The molecule has 0 fully saturated rings. The summed E-state index contributed by atoms with van der Waals surface area (Å²) in [6.07, 6.45) is 8.22. The molecule has 1 aliphatic heterocycles. The molecule has 1 aromatic heterocycles. The summed E-state index contributed by atoms with van der Waals surface area (Å²) in [7, 11) is 0. The van der Waals surface area contributed by atoms with Crippen LogP contribution in [0.2, 0.25) is 0 Å². The van der Waals surface area contributed by atoms with Gasteiger partial charge >= 0.3 is 5.89 Å². The molecule has 4 rings (SSSR count). The highest BCUT2D eigenvalue weighted by atomic mass is 16.4. The highest BCUT2D eigenvalue weighted by molar-refractivity contribution is 6.01. The fourth-order valence-corrected chi connectivity index (χ4v) is 2.52. The first kappa shape index (κ1) is 9.66. The minimum Gasteiger partial charge on any atom is -0.397 e. The molecule has 0 unspecified atom stereocenters. The van der Waals surface area contributed by atoms with E-state index < -0.39 is 0 Å². The SMILES string of the molecule is C1=CC[n+]2c(oc3c4ccccc4ccc32)C=C1. The number of hydrogen-bond donors (Lipinski definition) is 0. The van der Waals surface area contributed by atoms with E-state index in [1.165, 1.54) is 10.8 Å². The molecule has 0 atom stereocenters. The molecule has 86 valence electrons. The Bertz CT molecular complexity index is 808. The maximum Gasteiger partial charge on any atom is 0.374 e. The van der Waals surface area contributed by atoms with E-state index in [-0.39, 0.29) is 0 Å². The Hall–Kier alpha value is -2.35. The van der Waals surface area contributed by atoms with Gasteiger partial charge in [0.15, 0.2) is 6.54 Å². The number of fused-ring (bicyclic) bond motifs is 5. The van der Waals surface area contributed by atoms with E-state index in [2.05, 4.69) is 53.1 Å². The van der Waals surface area contributed by atoms with Crippen molar-refractivity contribution in [2.45, 2.75) is 6.54 Å². The molecule has 0 N–H and O–H groups in total. The highest BCUT2D eigenvalue weighted by Gasteiger charge is 2.21. The van der Waals surface area contributed by atoms with E-state index >= 15 is 0 Å². The summed E-state index contributed by atoms with van der Waals surface area (Å²) in [5, 5.41) is 2.39. The summed E-state index contributed by atoms with van der Waals surface area (Å²) in [5.41, 5.74) is 2.13. The van der Waals surface area contributed by atoms with Gasteiger partial charge in [0.2, 0.25) is 5.58 Å². The topological polar surface area (TPSA) is 17.0 Å². The lowest BCUT2D eigenvalue weighted by atomic mass is 10.1. The zero-order valence-electron chi connectivity index (χ0n) is 9.84. The molecule has 0 amide bonds. The molecular formula is C16H12NO+. The van der Waals surface area contributed by atoms with Crippen molar-refractivity contribution >= 4 is 27.9 Å². The van der Waals surface area contributed by atoms with E-state index in [0.717, 1.165) is 23.5 Å². The summed E-state index contributed by atoms with van der Waals surface area (Å²) in [6.45, 7) is 0.855. The summed E-state index contributed by atoms with van der Waals surface area (Å²) in [4.78, 5) is 0. The molecule has 2 aromatic carbocycles. The molecule has 1 aliphatic rings. The lowest BCUT2D eigenvalue weighted by molar-refractivity contribution is -0.667. The molecule has 0 aliphatic carbocycles. The molecule has 3 aromatic rings. The Morgan fingerprint density at radius 3 is 2.94 bits per heavy atom. The number of oxazole rings is 1. The van der Waals surface area contributed by atoms with Crippen LogP contribution in [0.3, 0.4) is 0 Å². The van der Waals surface area contributed by atoms with Gasteiger partial charge in [0.25, 0.3) is 5.52 Å². The van der Waals surface area contributed by atoms with Gasteiger partial charge in [0.05, 0.1) is 6.08 Å². The summed E-state index contributed by atoms with van der Waals surface area (Å²) < 4.78 is 8.22. The minimum absolute atomic E-state index is 0.855. The third-order valence-electron chi connectivity index (χ3n) is 3.40. The van der Waals surface area contributed by atoms with Crippen LogP contribution in [0.5, 0.6) is 0 Å². The fraction of sp³-hybridized carbons (Fsp3) is 0.0625. The second-order valence-electron chi connectivity index (χ2n) is 4.47. The molecule has 2 heterocycles. The van der Waals surface area contributed by atoms with Crippen LogP contribution in [-0.4, -0.2) is 0 Å². The summed E-state index contributed by atoms with van der Waals surface area (Å²) >= 11 is 0. The van der Waals surface area contributed by atoms with Gasteiger partial charge in [-0.25, -0.2) is 0 Å². The lowest BCUT2D eigenvalue weighted by Crippen LogP contribution is -2.33. The van der Waals surface area contributed by atoms with Gasteiger partial charge in [-0.1, -0.05) is 36.4 Å². The average Bonchev–Trinajstić information content (AvgIpc) is 2.61. The van der Waals surface area contributed by atoms with E-state index in [1.54, 1.807) is 0 Å². The van der Waals surface area contributed by atoms with Crippen LogP contribution < -0.4 is 4.57 Å². The lowest BCUT2D eigenvalue weighted by Gasteiger charge is -1.94. The standard InChI is InChI=1S/C16H12NO/c1-2-8-15-17(11-5-1)14-10-9-12-6-3-4-7-13(12)16(14)18-15/h1-10H,11H2/q+1. The van der Waals surface area contributed by atoms with Crippen LogP contribution in [0.25, 0.3) is 27.9 Å². The number of rotatable bonds is 0. The molecule has 0 radical (unpaired) electrons. The van der Waals surface area contributed by atoms with Crippen LogP contribution >= 0.6 is 0 Å². The first-order chi connectivity index (χ1) is 8.93. The fourth-order valence-electron chi connectivity index (χ4n) is 2.52. The van der Waals surface area contributed by atoms with Crippen molar-refractivity contribution in [1.29, 1.82) is 0 Å². The predicted octanol–water partition coefficient (Wildman–Crippen LogP) is 3.46. The molecule has 0 saturated carbocycles. The van der Waals surface area contributed by atoms with Crippen molar-refractivity contribution in [1.82, 2.24) is 0 Å². The van der Waals surface area contributed by atoms with Crippen molar-refractivity contribution in [2.24, 2.45) is 0 Å². The Labute approximate surface area is 104 Å². The van der Waals surface area contributed by atoms with Crippen LogP contribution in [-0.2, 0) is 6.54 Å². The maximum absolute atomic E-state index is 6.02. The maximum atomic E-state index is 6.02. The second kappa shape index (κ2) is 3.57. The molecule has 2 heteroatoms. The van der Waals surface area contributed by atoms with Crippen LogP contribution in [0.1, 0.15) is 5.89 Å². The average molecular weight is 234 g/mol. The highest BCUT2D eigenvalue weighted by Crippen LogP contribution is 2.25. The minimum atomic E-state index is 0.855. The van der Waals surface area contributed by atoms with Crippen LogP contribution in [0, 0.1) is 0 Å². The van der Waals surface area contributed by atoms with Crippen LogP contribution in [0.4, 0.5) is 0 Å². The van der Waals surface area contributed by atoms with Gasteiger partial charge in [0, 0.05) is 11.5 Å². The smallest absolute Gasteiger partial charge is 0.374 e. The monoisotopic (exact) mass is 234 g/mol. The molecule has 0 bridgehead atoms. The van der Waals surface area contributed by atoms with Gasteiger partial charge < -0.3 is 4.42 Å². The van der Waals surface area contributed by atoms with E-state index in [0.29, 0.717) is 0 Å². The number of allylic oxidation sites excluding steroid dienone is 3. The molecule has 0 saturated heterocycles. The number of nitrogens with zero attached hydrogens (tertiary/aromatic N) is 1. The van der Waals surface area contributed by atoms with Crippen LogP contribution in [0.15, 0.2) is 59.0 Å². The second-order valence-corrected chi connectivity index (χ2v) is 4.47. The molecule has 2 nitrogen and oxygen atoms in total. The summed E-state index contributed by atoms with van der Waals surface area (Å²) in [6, 6.07) is 12.6. The zero-order valence-corrected chi connectivity index (χ0v) is 9.84. The first-order valence-corrected chi connectivity index (χ1v) is 6.11.